The van der Waals surface area contributed by atoms with E-state index < -0.39 is 0 Å². The molecule has 0 unspecified atom stereocenters. The van der Waals surface area contributed by atoms with E-state index >= 15 is 0 Å². The van der Waals surface area contributed by atoms with Crippen molar-refractivity contribution in [2.75, 3.05) is 13.2 Å². The van der Waals surface area contributed by atoms with Crippen molar-refractivity contribution in [3.63, 3.8) is 0 Å². The van der Waals surface area contributed by atoms with Crippen molar-refractivity contribution in [3.05, 3.63) is 71.8 Å². The fraction of sp³-hybridized carbons (Fsp3) is 0.409. The number of rotatable bonds is 3. The summed E-state index contributed by atoms with van der Waals surface area (Å²) in [5, 5.41) is 0. The molecule has 0 radical (unpaired) electrons. The largest absolute Gasteiger partial charge is 0.354 e. The zero-order valence-corrected chi connectivity index (χ0v) is 14.6. The van der Waals surface area contributed by atoms with E-state index in [1.807, 2.05) is 41.3 Å². The average molecular weight is 335 g/mol. The Labute approximate surface area is 149 Å². The molecule has 1 aliphatic carbocycles. The van der Waals surface area contributed by atoms with Gasteiger partial charge in [-0.25, -0.2) is 0 Å². The van der Waals surface area contributed by atoms with Crippen LogP contribution in [0.25, 0.3) is 0 Å². The summed E-state index contributed by atoms with van der Waals surface area (Å²) in [5.74, 6) is -0.0836. The van der Waals surface area contributed by atoms with Gasteiger partial charge in [0.2, 0.25) is 5.91 Å². The number of nitrogens with zero attached hydrogens (tertiary/aromatic N) is 1. The molecule has 2 aromatic carbocycles. The Morgan fingerprint density at radius 3 is 2.00 bits per heavy atom. The van der Waals surface area contributed by atoms with Gasteiger partial charge in [-0.05, 0) is 36.8 Å². The molecule has 1 spiro atoms. The van der Waals surface area contributed by atoms with Gasteiger partial charge in [-0.1, -0.05) is 67.1 Å². The monoisotopic (exact) mass is 335 g/mol. The zero-order chi connectivity index (χ0) is 17.1. The fourth-order valence-electron chi connectivity index (χ4n) is 4.36. The molecule has 0 bridgehead atoms. The Morgan fingerprint density at radius 1 is 0.880 bits per heavy atom. The van der Waals surface area contributed by atoms with Crippen LogP contribution < -0.4 is 0 Å². The third-order valence-corrected chi connectivity index (χ3v) is 5.59. The van der Waals surface area contributed by atoms with Crippen LogP contribution in [-0.4, -0.2) is 29.7 Å². The van der Waals surface area contributed by atoms with Gasteiger partial charge >= 0.3 is 0 Å². The van der Waals surface area contributed by atoms with Crippen molar-refractivity contribution in [2.45, 2.75) is 43.7 Å². The van der Waals surface area contributed by atoms with Crippen LogP contribution in [0.15, 0.2) is 60.7 Å². The van der Waals surface area contributed by atoms with Crippen LogP contribution in [0, 0.1) is 0 Å². The zero-order valence-electron chi connectivity index (χ0n) is 14.6. The van der Waals surface area contributed by atoms with Crippen molar-refractivity contribution >= 4 is 5.91 Å². The van der Waals surface area contributed by atoms with Crippen LogP contribution in [0.5, 0.6) is 0 Å². The molecule has 1 heterocycles. The Hall–Kier alpha value is -2.13. The fourth-order valence-corrected chi connectivity index (χ4v) is 4.36. The molecule has 3 nitrogen and oxygen atoms in total. The molecule has 2 aromatic rings. The predicted octanol–water partition coefficient (Wildman–Crippen LogP) is 4.34. The number of amides is 1. The quantitative estimate of drug-likeness (QED) is 0.835. The van der Waals surface area contributed by atoms with E-state index in [-0.39, 0.29) is 17.6 Å². The molecule has 3 heteroatoms. The minimum absolute atomic E-state index is 0.178. The highest BCUT2D eigenvalue weighted by atomic mass is 16.5. The minimum Gasteiger partial charge on any atom is -0.354 e. The smallest absolute Gasteiger partial charge is 0.236 e. The Balaban J connectivity index is 1.71. The molecule has 25 heavy (non-hydrogen) atoms. The van der Waals surface area contributed by atoms with Crippen molar-refractivity contribution in [1.82, 2.24) is 4.90 Å². The third-order valence-electron chi connectivity index (χ3n) is 5.59. The van der Waals surface area contributed by atoms with E-state index in [9.17, 15) is 4.79 Å². The Kier molecular flexibility index (Phi) is 4.58. The molecule has 1 saturated heterocycles. The van der Waals surface area contributed by atoms with Gasteiger partial charge in [0.05, 0.1) is 12.5 Å². The summed E-state index contributed by atoms with van der Waals surface area (Å²) in [6.07, 6.45) is 5.47. The maximum Gasteiger partial charge on any atom is 0.236 e. The van der Waals surface area contributed by atoms with Crippen LogP contribution in [0.1, 0.15) is 49.1 Å². The molecule has 4 rings (SSSR count). The summed E-state index contributed by atoms with van der Waals surface area (Å²) in [6.45, 7) is 1.36. The van der Waals surface area contributed by atoms with Gasteiger partial charge in [-0.2, -0.15) is 0 Å². The summed E-state index contributed by atoms with van der Waals surface area (Å²) >= 11 is 0. The lowest BCUT2D eigenvalue weighted by molar-refractivity contribution is -0.155. The third kappa shape index (κ3) is 3.09. The maximum absolute atomic E-state index is 13.7. The number of carbonyl (C=O) groups is 1. The van der Waals surface area contributed by atoms with E-state index in [0.717, 1.165) is 36.8 Å². The lowest BCUT2D eigenvalue weighted by Gasteiger charge is -2.41. The van der Waals surface area contributed by atoms with Crippen LogP contribution in [0.4, 0.5) is 0 Å². The van der Waals surface area contributed by atoms with E-state index in [2.05, 4.69) is 24.3 Å². The molecule has 130 valence electrons. The van der Waals surface area contributed by atoms with E-state index in [1.54, 1.807) is 0 Å². The van der Waals surface area contributed by atoms with Crippen molar-refractivity contribution in [1.29, 1.82) is 0 Å². The molecule has 0 atom stereocenters. The highest BCUT2D eigenvalue weighted by molar-refractivity contribution is 5.88. The van der Waals surface area contributed by atoms with E-state index in [4.69, 9.17) is 4.74 Å². The van der Waals surface area contributed by atoms with Gasteiger partial charge in [-0.15, -0.1) is 0 Å². The first-order valence-electron chi connectivity index (χ1n) is 9.35. The maximum atomic E-state index is 13.7. The number of hydrogen-bond acceptors (Lipinski definition) is 2. The van der Waals surface area contributed by atoms with Gasteiger partial charge in [0.25, 0.3) is 0 Å². The standard InChI is InChI=1S/C22H25NO2/c24-21(23-16-17-25-22(23)14-8-3-9-15-22)20(18-10-4-1-5-11-18)19-12-6-2-7-13-19/h1-2,4-7,10-13,20H,3,8-9,14-17H2. The second-order valence-corrected chi connectivity index (χ2v) is 7.10. The molecular weight excluding hydrogens is 310 g/mol. The summed E-state index contributed by atoms with van der Waals surface area (Å²) in [6, 6.07) is 20.3. The van der Waals surface area contributed by atoms with Crippen LogP contribution in [0.2, 0.25) is 0 Å². The topological polar surface area (TPSA) is 29.5 Å². The molecular formula is C22H25NO2. The van der Waals surface area contributed by atoms with Gasteiger partial charge in [0, 0.05) is 6.54 Å². The first-order chi connectivity index (χ1) is 12.3. The van der Waals surface area contributed by atoms with Gasteiger partial charge in [0.1, 0.15) is 5.72 Å². The van der Waals surface area contributed by atoms with Crippen molar-refractivity contribution < 1.29 is 9.53 Å². The van der Waals surface area contributed by atoms with Crippen LogP contribution in [-0.2, 0) is 9.53 Å². The molecule has 1 aliphatic heterocycles. The van der Waals surface area contributed by atoms with E-state index in [1.165, 1.54) is 6.42 Å². The van der Waals surface area contributed by atoms with Crippen LogP contribution in [0.3, 0.4) is 0 Å². The first-order valence-corrected chi connectivity index (χ1v) is 9.35. The van der Waals surface area contributed by atoms with Gasteiger partial charge in [-0.3, -0.25) is 4.79 Å². The summed E-state index contributed by atoms with van der Waals surface area (Å²) < 4.78 is 6.14. The number of hydrogen-bond donors (Lipinski definition) is 0. The summed E-state index contributed by atoms with van der Waals surface area (Å²) in [7, 11) is 0. The van der Waals surface area contributed by atoms with Gasteiger partial charge in [0.15, 0.2) is 0 Å². The molecule has 0 aromatic heterocycles. The number of carbonyl (C=O) groups excluding carboxylic acids is 1. The molecule has 2 fully saturated rings. The molecule has 2 aliphatic rings. The highest BCUT2D eigenvalue weighted by Gasteiger charge is 2.47. The lowest BCUT2D eigenvalue weighted by Crippen LogP contribution is -2.51. The molecule has 0 N–H and O–H groups in total. The normalized spacial score (nSPS) is 19.5. The van der Waals surface area contributed by atoms with Crippen LogP contribution >= 0.6 is 0 Å². The molecule has 1 amide bonds. The lowest BCUT2D eigenvalue weighted by atomic mass is 9.86. The second-order valence-electron chi connectivity index (χ2n) is 7.10. The number of benzene rings is 2. The SMILES string of the molecule is O=C(C(c1ccccc1)c1ccccc1)N1CCOC12CCCCC2. The minimum atomic E-state index is -0.364. The number of ether oxygens (including phenoxy) is 1. The average Bonchev–Trinajstić information content (AvgIpc) is 3.07. The highest BCUT2D eigenvalue weighted by Crippen LogP contribution is 2.40. The first kappa shape index (κ1) is 16.3. The molecule has 1 saturated carbocycles. The second kappa shape index (κ2) is 7.01. The predicted molar refractivity (Wildman–Crippen MR) is 98.2 cm³/mol. The van der Waals surface area contributed by atoms with Crippen molar-refractivity contribution in [3.8, 4) is 0 Å². The summed E-state index contributed by atoms with van der Waals surface area (Å²) in [4.78, 5) is 15.7. The van der Waals surface area contributed by atoms with E-state index in [0.29, 0.717) is 13.2 Å². The van der Waals surface area contributed by atoms with Crippen molar-refractivity contribution in [2.24, 2.45) is 0 Å². The summed E-state index contributed by atoms with van der Waals surface area (Å²) in [5.41, 5.74) is 1.74. The van der Waals surface area contributed by atoms with Gasteiger partial charge < -0.3 is 9.64 Å². The Bertz CT molecular complexity index is 668. The Morgan fingerprint density at radius 2 is 1.44 bits per heavy atom.